The predicted molar refractivity (Wildman–Crippen MR) is 111 cm³/mol. The highest BCUT2D eigenvalue weighted by molar-refractivity contribution is 5.92. The van der Waals surface area contributed by atoms with Gasteiger partial charge in [-0.25, -0.2) is 0 Å². The summed E-state index contributed by atoms with van der Waals surface area (Å²) in [6.07, 6.45) is 2.05. The second-order valence-electron chi connectivity index (χ2n) is 6.52. The fraction of sp³-hybridized carbons (Fsp3) is 0.0909. The summed E-state index contributed by atoms with van der Waals surface area (Å²) in [4.78, 5) is 16.6. The Kier molecular flexibility index (Phi) is 4.93. The summed E-state index contributed by atoms with van der Waals surface area (Å²) in [6.45, 7) is 2.00. The molecule has 2 heterocycles. The van der Waals surface area contributed by atoms with E-state index in [1.807, 2.05) is 61.5 Å². The molecule has 0 radical (unpaired) electrons. The highest BCUT2D eigenvalue weighted by Gasteiger charge is 2.07. The number of para-hydroxylation sites is 1. The topological polar surface area (TPSA) is 79.8 Å². The lowest BCUT2D eigenvalue weighted by Crippen LogP contribution is -2.15. The van der Waals surface area contributed by atoms with Crippen molar-refractivity contribution in [2.75, 3.05) is 10.6 Å². The largest absolute Gasteiger partial charge is 0.337 e. The molecule has 28 heavy (non-hydrogen) atoms. The number of carbonyl (C=O) groups is 1. The maximum Gasteiger partial charge on any atom is 0.229 e. The molecule has 0 fully saturated rings. The molecule has 0 saturated heterocycles. The van der Waals surface area contributed by atoms with Crippen molar-refractivity contribution >= 4 is 34.1 Å². The van der Waals surface area contributed by atoms with E-state index in [0.717, 1.165) is 27.7 Å². The van der Waals surface area contributed by atoms with E-state index in [9.17, 15) is 4.79 Å². The van der Waals surface area contributed by atoms with Crippen molar-refractivity contribution in [3.8, 4) is 0 Å². The van der Waals surface area contributed by atoms with Gasteiger partial charge in [0.2, 0.25) is 5.91 Å². The number of anilines is 3. The standard InChI is InChI=1S/C22H19N5O/c1-15-5-2-6-16(13-15)14-21(28)25-20-11-10-19(26-27-20)24-18-9-3-7-17-8-4-12-23-22(17)18/h2-13H,14H2,1H3,(H,24,26)(H,25,27,28). The van der Waals surface area contributed by atoms with E-state index in [-0.39, 0.29) is 5.91 Å². The minimum Gasteiger partial charge on any atom is -0.337 e. The molecule has 138 valence electrons. The Labute approximate surface area is 162 Å². The molecule has 4 aromatic rings. The average Bonchev–Trinajstić information content (AvgIpc) is 2.70. The molecule has 0 saturated carbocycles. The quantitative estimate of drug-likeness (QED) is 0.549. The van der Waals surface area contributed by atoms with Gasteiger partial charge in [-0.2, -0.15) is 0 Å². The van der Waals surface area contributed by atoms with Crippen LogP contribution in [0, 0.1) is 6.92 Å². The first kappa shape index (κ1) is 17.6. The first-order valence-electron chi connectivity index (χ1n) is 8.97. The Bertz CT molecular complexity index is 1120. The summed E-state index contributed by atoms with van der Waals surface area (Å²) in [5.41, 5.74) is 3.81. The van der Waals surface area contributed by atoms with Crippen molar-refractivity contribution in [2.24, 2.45) is 0 Å². The molecule has 0 aliphatic rings. The number of aromatic nitrogens is 3. The summed E-state index contributed by atoms with van der Waals surface area (Å²) >= 11 is 0. The first-order chi connectivity index (χ1) is 13.7. The summed E-state index contributed by atoms with van der Waals surface area (Å²) in [7, 11) is 0. The number of carbonyl (C=O) groups excluding carboxylic acids is 1. The lowest BCUT2D eigenvalue weighted by Gasteiger charge is -2.09. The number of amides is 1. The fourth-order valence-electron chi connectivity index (χ4n) is 3.00. The minimum absolute atomic E-state index is 0.126. The summed E-state index contributed by atoms with van der Waals surface area (Å²) in [5.74, 6) is 0.868. The molecular weight excluding hydrogens is 350 g/mol. The Morgan fingerprint density at radius 3 is 2.54 bits per heavy atom. The van der Waals surface area contributed by atoms with Gasteiger partial charge in [0.25, 0.3) is 0 Å². The van der Waals surface area contributed by atoms with Crippen LogP contribution >= 0.6 is 0 Å². The molecule has 0 bridgehead atoms. The number of rotatable bonds is 5. The number of aryl methyl sites for hydroxylation is 1. The molecule has 0 aliphatic carbocycles. The van der Waals surface area contributed by atoms with Crippen LogP contribution in [0.4, 0.5) is 17.3 Å². The number of nitrogens with zero attached hydrogens (tertiary/aromatic N) is 3. The van der Waals surface area contributed by atoms with E-state index in [1.54, 1.807) is 18.3 Å². The second-order valence-corrected chi connectivity index (χ2v) is 6.52. The molecule has 1 amide bonds. The number of fused-ring (bicyclic) bond motifs is 1. The van der Waals surface area contributed by atoms with Gasteiger partial charge >= 0.3 is 0 Å². The van der Waals surface area contributed by atoms with Crippen LogP contribution in [0.15, 0.2) is 72.9 Å². The van der Waals surface area contributed by atoms with E-state index in [1.165, 1.54) is 0 Å². The zero-order valence-corrected chi connectivity index (χ0v) is 15.4. The lowest BCUT2D eigenvalue weighted by molar-refractivity contribution is -0.115. The van der Waals surface area contributed by atoms with Crippen molar-refractivity contribution in [2.45, 2.75) is 13.3 Å². The van der Waals surface area contributed by atoms with Crippen molar-refractivity contribution in [1.29, 1.82) is 0 Å². The van der Waals surface area contributed by atoms with E-state index in [0.29, 0.717) is 18.1 Å². The third-order valence-electron chi connectivity index (χ3n) is 4.27. The molecule has 6 nitrogen and oxygen atoms in total. The number of hydrogen-bond acceptors (Lipinski definition) is 5. The van der Waals surface area contributed by atoms with Crippen molar-refractivity contribution < 1.29 is 4.79 Å². The molecule has 0 unspecified atom stereocenters. The molecular formula is C22H19N5O. The second kappa shape index (κ2) is 7.84. The van der Waals surface area contributed by atoms with Crippen LogP contribution in [0.1, 0.15) is 11.1 Å². The summed E-state index contributed by atoms with van der Waals surface area (Å²) in [5, 5.41) is 15.3. The highest BCUT2D eigenvalue weighted by atomic mass is 16.1. The molecule has 2 aromatic heterocycles. The molecule has 0 aliphatic heterocycles. The third-order valence-corrected chi connectivity index (χ3v) is 4.27. The number of pyridine rings is 1. The number of nitrogens with one attached hydrogen (secondary N) is 2. The van der Waals surface area contributed by atoms with Crippen LogP contribution in [-0.2, 0) is 11.2 Å². The Morgan fingerprint density at radius 1 is 0.929 bits per heavy atom. The van der Waals surface area contributed by atoms with Gasteiger partial charge in [-0.1, -0.05) is 48.0 Å². The van der Waals surface area contributed by atoms with Gasteiger partial charge in [-0.15, -0.1) is 10.2 Å². The summed E-state index contributed by atoms with van der Waals surface area (Å²) < 4.78 is 0. The Morgan fingerprint density at radius 2 is 1.71 bits per heavy atom. The van der Waals surface area contributed by atoms with Crippen LogP contribution in [-0.4, -0.2) is 21.1 Å². The highest BCUT2D eigenvalue weighted by Crippen LogP contribution is 2.23. The van der Waals surface area contributed by atoms with Crippen molar-refractivity contribution in [3.63, 3.8) is 0 Å². The van der Waals surface area contributed by atoms with Crippen LogP contribution in [0.25, 0.3) is 10.9 Å². The predicted octanol–water partition coefficient (Wildman–Crippen LogP) is 4.26. The molecule has 2 aromatic carbocycles. The van der Waals surface area contributed by atoms with Gasteiger partial charge in [0.1, 0.15) is 0 Å². The van der Waals surface area contributed by atoms with Gasteiger partial charge in [0.05, 0.1) is 17.6 Å². The van der Waals surface area contributed by atoms with Crippen LogP contribution in [0.5, 0.6) is 0 Å². The number of hydrogen-bond donors (Lipinski definition) is 2. The minimum atomic E-state index is -0.126. The molecule has 6 heteroatoms. The van der Waals surface area contributed by atoms with Crippen molar-refractivity contribution in [3.05, 3.63) is 84.1 Å². The third kappa shape index (κ3) is 4.12. The lowest BCUT2D eigenvalue weighted by atomic mass is 10.1. The van der Waals surface area contributed by atoms with Gasteiger partial charge < -0.3 is 10.6 Å². The fourth-order valence-corrected chi connectivity index (χ4v) is 3.00. The maximum absolute atomic E-state index is 12.2. The average molecular weight is 369 g/mol. The van der Waals surface area contributed by atoms with Gasteiger partial charge in [-0.05, 0) is 36.8 Å². The van der Waals surface area contributed by atoms with Crippen LogP contribution < -0.4 is 10.6 Å². The van der Waals surface area contributed by atoms with E-state index in [4.69, 9.17) is 0 Å². The van der Waals surface area contributed by atoms with Gasteiger partial charge in [-0.3, -0.25) is 9.78 Å². The van der Waals surface area contributed by atoms with Gasteiger partial charge in [0, 0.05) is 11.6 Å². The Balaban J connectivity index is 1.43. The first-order valence-corrected chi connectivity index (χ1v) is 8.97. The normalized spacial score (nSPS) is 10.6. The van der Waals surface area contributed by atoms with Crippen LogP contribution in [0.3, 0.4) is 0 Å². The maximum atomic E-state index is 12.2. The number of benzene rings is 2. The zero-order valence-electron chi connectivity index (χ0n) is 15.4. The van der Waals surface area contributed by atoms with E-state index < -0.39 is 0 Å². The molecule has 2 N–H and O–H groups in total. The SMILES string of the molecule is Cc1cccc(CC(=O)Nc2ccc(Nc3cccc4cccnc34)nn2)c1. The van der Waals surface area contributed by atoms with Crippen molar-refractivity contribution in [1.82, 2.24) is 15.2 Å². The molecule has 0 atom stereocenters. The smallest absolute Gasteiger partial charge is 0.229 e. The Hall–Kier alpha value is -3.80. The molecule has 4 rings (SSSR count). The van der Waals surface area contributed by atoms with Crippen LogP contribution in [0.2, 0.25) is 0 Å². The molecule has 0 spiro atoms. The monoisotopic (exact) mass is 369 g/mol. The summed E-state index contributed by atoms with van der Waals surface area (Å²) in [6, 6.07) is 21.2. The van der Waals surface area contributed by atoms with E-state index >= 15 is 0 Å². The zero-order chi connectivity index (χ0) is 19.3. The van der Waals surface area contributed by atoms with E-state index in [2.05, 4.69) is 25.8 Å². The van der Waals surface area contributed by atoms with Gasteiger partial charge in [0.15, 0.2) is 11.6 Å².